The minimum atomic E-state index is -1.39. The Bertz CT molecular complexity index is 772. The lowest BCUT2D eigenvalue weighted by molar-refractivity contribution is -0.307. The molecule has 0 aromatic heterocycles. The van der Waals surface area contributed by atoms with Crippen LogP contribution in [0, 0.1) is 6.92 Å². The quantitative estimate of drug-likeness (QED) is 0.761. The van der Waals surface area contributed by atoms with Gasteiger partial charge in [0.15, 0.2) is 0 Å². The lowest BCUT2D eigenvalue weighted by Crippen LogP contribution is -2.54. The first kappa shape index (κ1) is 19.2. The molecule has 0 heterocycles. The van der Waals surface area contributed by atoms with Crippen molar-refractivity contribution in [1.82, 2.24) is 10.6 Å². The van der Waals surface area contributed by atoms with Crippen LogP contribution in [0.5, 0.6) is 0 Å². The fourth-order valence-corrected chi connectivity index (χ4v) is 2.37. The molecular formula is C20H21N2O4-. The molecule has 0 radical (unpaired) electrons. The second-order valence-electron chi connectivity index (χ2n) is 6.13. The minimum absolute atomic E-state index is 0.241. The number of rotatable bonds is 7. The molecule has 6 heteroatoms. The molecule has 136 valence electrons. The Balaban J connectivity index is 2.17. The number of carboxylic acid groups (broad SMARTS) is 1. The molecule has 2 amide bonds. The van der Waals surface area contributed by atoms with E-state index in [2.05, 4.69) is 10.6 Å². The van der Waals surface area contributed by atoms with Gasteiger partial charge in [-0.05, 0) is 31.5 Å². The smallest absolute Gasteiger partial charge is 0.251 e. The van der Waals surface area contributed by atoms with Crippen LogP contribution in [0.3, 0.4) is 0 Å². The Labute approximate surface area is 152 Å². The first-order valence-corrected chi connectivity index (χ1v) is 8.29. The van der Waals surface area contributed by atoms with Gasteiger partial charge in [0.05, 0.1) is 12.0 Å². The lowest BCUT2D eigenvalue weighted by Gasteiger charge is -2.22. The average molecular weight is 353 g/mol. The van der Waals surface area contributed by atoms with Crippen LogP contribution in [0.4, 0.5) is 0 Å². The molecule has 0 aliphatic carbocycles. The maximum atomic E-state index is 12.5. The third-order valence-corrected chi connectivity index (χ3v) is 3.93. The average Bonchev–Trinajstić information content (AvgIpc) is 2.63. The van der Waals surface area contributed by atoms with Gasteiger partial charge >= 0.3 is 0 Å². The number of aryl methyl sites for hydroxylation is 1. The number of aliphatic carboxylic acids is 1. The van der Waals surface area contributed by atoms with Crippen molar-refractivity contribution in [1.29, 1.82) is 0 Å². The number of hydrogen-bond donors (Lipinski definition) is 2. The molecule has 2 aromatic rings. The van der Waals surface area contributed by atoms with Crippen molar-refractivity contribution in [3.05, 3.63) is 71.3 Å². The van der Waals surface area contributed by atoms with E-state index < -0.39 is 29.9 Å². The second kappa shape index (κ2) is 8.80. The summed E-state index contributed by atoms with van der Waals surface area (Å²) in [5.41, 5.74) is 2.35. The molecule has 2 N–H and O–H groups in total. The van der Waals surface area contributed by atoms with Gasteiger partial charge in [-0.15, -0.1) is 0 Å². The van der Waals surface area contributed by atoms with Crippen molar-refractivity contribution < 1.29 is 19.5 Å². The van der Waals surface area contributed by atoms with Crippen molar-refractivity contribution in [3.63, 3.8) is 0 Å². The molecule has 26 heavy (non-hydrogen) atoms. The Morgan fingerprint density at radius 2 is 1.58 bits per heavy atom. The first-order valence-electron chi connectivity index (χ1n) is 8.29. The fraction of sp³-hybridized carbons (Fsp3) is 0.250. The third kappa shape index (κ3) is 5.44. The van der Waals surface area contributed by atoms with E-state index in [1.807, 2.05) is 31.2 Å². The standard InChI is InChI=1S/C20H22N2O4/c1-13-8-10-15(11-9-13)12-17(19(24)21-14(2)20(25)26)22-18(23)16-6-4-3-5-7-16/h3-11,14,17H,12H2,1-2H3,(H,21,24)(H,22,23)(H,25,26)/p-1/t14-,17-/m1/s1. The molecule has 0 bridgehead atoms. The Hall–Kier alpha value is -3.15. The summed E-state index contributed by atoms with van der Waals surface area (Å²) in [5, 5.41) is 15.9. The summed E-state index contributed by atoms with van der Waals surface area (Å²) >= 11 is 0. The molecule has 0 spiro atoms. The summed E-state index contributed by atoms with van der Waals surface area (Å²) < 4.78 is 0. The molecule has 0 aliphatic rings. The van der Waals surface area contributed by atoms with E-state index in [1.165, 1.54) is 6.92 Å². The maximum absolute atomic E-state index is 12.5. The first-order chi connectivity index (χ1) is 12.4. The van der Waals surface area contributed by atoms with Gasteiger partial charge in [0.1, 0.15) is 6.04 Å². The molecule has 0 aliphatic heterocycles. The van der Waals surface area contributed by atoms with E-state index in [1.54, 1.807) is 30.3 Å². The van der Waals surface area contributed by atoms with Crippen LogP contribution >= 0.6 is 0 Å². The van der Waals surface area contributed by atoms with Gasteiger partial charge in [-0.1, -0.05) is 48.0 Å². The van der Waals surface area contributed by atoms with Crippen molar-refractivity contribution in [2.45, 2.75) is 32.4 Å². The predicted octanol–water partition coefficient (Wildman–Crippen LogP) is 0.591. The highest BCUT2D eigenvalue weighted by Crippen LogP contribution is 2.08. The SMILES string of the molecule is Cc1ccc(C[C@@H](NC(=O)c2ccccc2)C(=O)N[C@H](C)C(=O)[O-])cc1. The maximum Gasteiger partial charge on any atom is 0.251 e. The predicted molar refractivity (Wildman–Crippen MR) is 95.2 cm³/mol. The van der Waals surface area contributed by atoms with Gasteiger partial charge < -0.3 is 20.5 Å². The van der Waals surface area contributed by atoms with E-state index in [9.17, 15) is 19.5 Å². The molecular weight excluding hydrogens is 332 g/mol. The number of hydrogen-bond acceptors (Lipinski definition) is 4. The van der Waals surface area contributed by atoms with E-state index in [0.717, 1.165) is 11.1 Å². The summed E-state index contributed by atoms with van der Waals surface area (Å²) in [4.78, 5) is 35.8. The number of benzene rings is 2. The zero-order valence-electron chi connectivity index (χ0n) is 14.7. The molecule has 0 fully saturated rings. The fourth-order valence-electron chi connectivity index (χ4n) is 2.37. The van der Waals surface area contributed by atoms with Gasteiger partial charge in [0.25, 0.3) is 5.91 Å². The summed E-state index contributed by atoms with van der Waals surface area (Å²) in [7, 11) is 0. The molecule has 2 rings (SSSR count). The molecule has 0 unspecified atom stereocenters. The van der Waals surface area contributed by atoms with Crippen LogP contribution in [0.1, 0.15) is 28.4 Å². The van der Waals surface area contributed by atoms with Crippen LogP contribution in [0.2, 0.25) is 0 Å². The number of amides is 2. The van der Waals surface area contributed by atoms with E-state index in [4.69, 9.17) is 0 Å². The third-order valence-electron chi connectivity index (χ3n) is 3.93. The molecule has 2 atom stereocenters. The summed E-state index contributed by atoms with van der Waals surface area (Å²) in [6.45, 7) is 3.27. The van der Waals surface area contributed by atoms with Gasteiger partial charge in [-0.2, -0.15) is 0 Å². The van der Waals surface area contributed by atoms with Crippen LogP contribution in [-0.4, -0.2) is 29.9 Å². The number of nitrogens with one attached hydrogen (secondary N) is 2. The van der Waals surface area contributed by atoms with Gasteiger partial charge in [-0.25, -0.2) is 0 Å². The van der Waals surface area contributed by atoms with E-state index in [-0.39, 0.29) is 6.42 Å². The highest BCUT2D eigenvalue weighted by molar-refractivity contribution is 5.98. The summed E-state index contributed by atoms with van der Waals surface area (Å²) in [6.07, 6.45) is 0.241. The molecule has 0 saturated carbocycles. The van der Waals surface area contributed by atoms with E-state index in [0.29, 0.717) is 5.56 Å². The number of carboxylic acids is 1. The van der Waals surface area contributed by atoms with E-state index >= 15 is 0 Å². The van der Waals surface area contributed by atoms with Crippen LogP contribution in [-0.2, 0) is 16.0 Å². The highest BCUT2D eigenvalue weighted by Gasteiger charge is 2.23. The Kier molecular flexibility index (Phi) is 6.49. The van der Waals surface area contributed by atoms with Crippen LogP contribution in [0.25, 0.3) is 0 Å². The van der Waals surface area contributed by atoms with Gasteiger partial charge in [0.2, 0.25) is 5.91 Å². The van der Waals surface area contributed by atoms with Crippen molar-refractivity contribution in [2.24, 2.45) is 0 Å². The van der Waals surface area contributed by atoms with Crippen LogP contribution < -0.4 is 15.7 Å². The number of carbonyl (C=O) groups excluding carboxylic acids is 3. The summed E-state index contributed by atoms with van der Waals surface area (Å²) in [6, 6.07) is 14.0. The monoisotopic (exact) mass is 353 g/mol. The zero-order chi connectivity index (χ0) is 19.1. The highest BCUT2D eigenvalue weighted by atomic mass is 16.4. The van der Waals surface area contributed by atoms with Gasteiger partial charge in [0, 0.05) is 12.0 Å². The topological polar surface area (TPSA) is 98.3 Å². The van der Waals surface area contributed by atoms with Crippen molar-refractivity contribution in [2.75, 3.05) is 0 Å². The molecule has 0 saturated heterocycles. The zero-order valence-corrected chi connectivity index (χ0v) is 14.7. The Morgan fingerprint density at radius 1 is 0.962 bits per heavy atom. The largest absolute Gasteiger partial charge is 0.548 e. The molecule has 2 aromatic carbocycles. The van der Waals surface area contributed by atoms with Crippen LogP contribution in [0.15, 0.2) is 54.6 Å². The minimum Gasteiger partial charge on any atom is -0.548 e. The second-order valence-corrected chi connectivity index (χ2v) is 6.13. The molecule has 6 nitrogen and oxygen atoms in total. The number of carbonyl (C=O) groups is 3. The van der Waals surface area contributed by atoms with Crippen molar-refractivity contribution >= 4 is 17.8 Å². The van der Waals surface area contributed by atoms with Gasteiger partial charge in [-0.3, -0.25) is 9.59 Å². The summed E-state index contributed by atoms with van der Waals surface area (Å²) in [5.74, 6) is -2.37. The lowest BCUT2D eigenvalue weighted by atomic mass is 10.0. The Morgan fingerprint density at radius 3 is 2.15 bits per heavy atom. The van der Waals surface area contributed by atoms with Crippen molar-refractivity contribution in [3.8, 4) is 0 Å². The normalized spacial score (nSPS) is 12.7.